The first-order chi connectivity index (χ1) is 23.4. The fourth-order valence-electron chi connectivity index (χ4n) is 6.99. The normalized spacial score (nSPS) is 23.3. The molecule has 0 amide bonds. The maximum atomic E-state index is 13.6. The molecule has 0 bridgehead atoms. The molecule has 0 spiro atoms. The van der Waals surface area contributed by atoms with Crippen LogP contribution in [0.25, 0.3) is 10.9 Å². The predicted molar refractivity (Wildman–Crippen MR) is 184 cm³/mol. The molecule has 48 heavy (non-hydrogen) atoms. The summed E-state index contributed by atoms with van der Waals surface area (Å²) in [4.78, 5) is 6.73. The number of pyridine rings is 1. The molecule has 1 aromatic heterocycles. The highest BCUT2D eigenvalue weighted by atomic mass is 32.2. The standard InChI is InChI=1S/C38H39N3O6S/c42-24-26-16-18-29(19-17-26)37-35(27-8-2-1-3-9-27)33(23-41-21-7-14-32(41)25-43)46-38(47-37)30-11-4-13-31(22-30)40-48(44,45)34-15-5-10-28-12-6-20-39-36(28)34/h1-6,8-13,15-20,22,32-33,35,37-38,40,42-43H,7,14,21,23-25H2. The molecule has 2 fully saturated rings. The second kappa shape index (κ2) is 14.1. The van der Waals surface area contributed by atoms with E-state index >= 15 is 0 Å². The molecular formula is C38H39N3O6S. The average molecular weight is 666 g/mol. The summed E-state index contributed by atoms with van der Waals surface area (Å²) < 4.78 is 43.7. The van der Waals surface area contributed by atoms with E-state index in [0.29, 0.717) is 23.3 Å². The van der Waals surface area contributed by atoms with Crippen molar-refractivity contribution in [1.82, 2.24) is 9.88 Å². The highest BCUT2D eigenvalue weighted by Crippen LogP contribution is 2.47. The molecule has 5 unspecified atom stereocenters. The summed E-state index contributed by atoms with van der Waals surface area (Å²) in [7, 11) is -3.97. The number of hydrogen-bond donors (Lipinski definition) is 3. The number of rotatable bonds is 10. The Morgan fingerprint density at radius 2 is 1.60 bits per heavy atom. The SMILES string of the molecule is O=S(=O)(Nc1cccc(C2OC(CN3CCCC3CO)C(c3ccccc3)C(c3ccc(CO)cc3)O2)c1)c1cccc2cccnc12. The number of hydrogen-bond acceptors (Lipinski definition) is 8. The summed E-state index contributed by atoms with van der Waals surface area (Å²) in [6.45, 7) is 1.49. The fourth-order valence-corrected chi connectivity index (χ4v) is 8.22. The minimum atomic E-state index is -3.97. The third-order valence-corrected chi connectivity index (χ3v) is 10.8. The summed E-state index contributed by atoms with van der Waals surface area (Å²) >= 11 is 0. The Labute approximate surface area is 280 Å². The fraction of sp³-hybridized carbons (Fsp3) is 0.289. The highest BCUT2D eigenvalue weighted by molar-refractivity contribution is 7.93. The van der Waals surface area contributed by atoms with E-state index in [1.807, 2.05) is 60.7 Å². The van der Waals surface area contributed by atoms with E-state index in [9.17, 15) is 18.6 Å². The van der Waals surface area contributed by atoms with Crippen molar-refractivity contribution in [2.75, 3.05) is 24.4 Å². The molecule has 9 nitrogen and oxygen atoms in total. The largest absolute Gasteiger partial charge is 0.395 e. The van der Waals surface area contributed by atoms with Crippen molar-refractivity contribution in [2.45, 2.75) is 54.8 Å². The Balaban J connectivity index is 1.24. The number of benzene rings is 4. The zero-order valence-corrected chi connectivity index (χ0v) is 27.2. The van der Waals surface area contributed by atoms with Crippen LogP contribution in [-0.2, 0) is 26.1 Å². The lowest BCUT2D eigenvalue weighted by Crippen LogP contribution is -2.46. The number of aliphatic hydroxyl groups is 2. The third-order valence-electron chi connectivity index (χ3n) is 9.39. The van der Waals surface area contributed by atoms with E-state index in [2.05, 4.69) is 26.7 Å². The van der Waals surface area contributed by atoms with E-state index in [1.165, 1.54) is 0 Å². The zero-order chi connectivity index (χ0) is 33.1. The Bertz CT molecular complexity index is 1950. The van der Waals surface area contributed by atoms with Gasteiger partial charge in [-0.1, -0.05) is 84.9 Å². The topological polar surface area (TPSA) is 121 Å². The van der Waals surface area contributed by atoms with Gasteiger partial charge in [-0.05, 0) is 60.3 Å². The van der Waals surface area contributed by atoms with Crippen molar-refractivity contribution in [3.63, 3.8) is 0 Å². The monoisotopic (exact) mass is 665 g/mol. The van der Waals surface area contributed by atoms with E-state index in [-0.39, 0.29) is 36.2 Å². The molecule has 4 aromatic carbocycles. The number of fused-ring (bicyclic) bond motifs is 1. The minimum absolute atomic E-state index is 0.0582. The minimum Gasteiger partial charge on any atom is -0.395 e. The first-order valence-electron chi connectivity index (χ1n) is 16.3. The lowest BCUT2D eigenvalue weighted by molar-refractivity contribution is -0.264. The van der Waals surface area contributed by atoms with Gasteiger partial charge in [-0.3, -0.25) is 14.6 Å². The van der Waals surface area contributed by atoms with Crippen LogP contribution in [0.2, 0.25) is 0 Å². The Kier molecular flexibility index (Phi) is 9.54. The van der Waals surface area contributed by atoms with Crippen molar-refractivity contribution in [1.29, 1.82) is 0 Å². The summed E-state index contributed by atoms with van der Waals surface area (Å²) in [5.41, 5.74) is 4.26. The number of ether oxygens (including phenoxy) is 2. The second-order valence-electron chi connectivity index (χ2n) is 12.4. The van der Waals surface area contributed by atoms with Gasteiger partial charge in [-0.15, -0.1) is 0 Å². The van der Waals surface area contributed by atoms with Gasteiger partial charge in [0.2, 0.25) is 0 Å². The molecule has 2 saturated heterocycles. The molecule has 3 heterocycles. The van der Waals surface area contributed by atoms with E-state index in [0.717, 1.165) is 41.5 Å². The first-order valence-corrected chi connectivity index (χ1v) is 17.8. The number of likely N-dealkylation sites (tertiary alicyclic amines) is 1. The van der Waals surface area contributed by atoms with Crippen LogP contribution in [0.3, 0.4) is 0 Å². The quantitative estimate of drug-likeness (QED) is 0.168. The number of nitrogens with zero attached hydrogens (tertiary/aromatic N) is 2. The third kappa shape index (κ3) is 6.73. The molecule has 2 aliphatic heterocycles. The van der Waals surface area contributed by atoms with Gasteiger partial charge in [0.25, 0.3) is 10.0 Å². The Morgan fingerprint density at radius 3 is 2.40 bits per heavy atom. The van der Waals surface area contributed by atoms with Gasteiger partial charge in [0.1, 0.15) is 4.90 Å². The molecule has 0 radical (unpaired) electrons. The van der Waals surface area contributed by atoms with Crippen molar-refractivity contribution in [3.8, 4) is 0 Å². The van der Waals surface area contributed by atoms with Crippen LogP contribution in [0.4, 0.5) is 5.69 Å². The molecule has 248 valence electrons. The van der Waals surface area contributed by atoms with Crippen LogP contribution < -0.4 is 4.72 Å². The van der Waals surface area contributed by atoms with Crippen molar-refractivity contribution in [3.05, 3.63) is 138 Å². The summed E-state index contributed by atoms with van der Waals surface area (Å²) in [5.74, 6) is -0.178. The second-order valence-corrected chi connectivity index (χ2v) is 14.1. The average Bonchev–Trinajstić information content (AvgIpc) is 3.58. The molecule has 7 rings (SSSR count). The molecule has 3 N–H and O–H groups in total. The van der Waals surface area contributed by atoms with E-state index in [1.54, 1.807) is 42.6 Å². The van der Waals surface area contributed by atoms with Crippen LogP contribution in [-0.4, -0.2) is 60.4 Å². The summed E-state index contributed by atoms with van der Waals surface area (Å²) in [5, 5.41) is 20.6. The van der Waals surface area contributed by atoms with E-state index < -0.39 is 22.4 Å². The van der Waals surface area contributed by atoms with Gasteiger partial charge in [0.15, 0.2) is 6.29 Å². The molecular weight excluding hydrogens is 627 g/mol. The lowest BCUT2D eigenvalue weighted by Gasteiger charge is -2.44. The number of sulfonamides is 1. The van der Waals surface area contributed by atoms with Crippen molar-refractivity contribution in [2.24, 2.45) is 0 Å². The molecule has 5 atom stereocenters. The first kappa shape index (κ1) is 32.4. The van der Waals surface area contributed by atoms with Gasteiger partial charge >= 0.3 is 0 Å². The Hall–Kier alpha value is -4.16. The molecule has 5 aromatic rings. The number of para-hydroxylation sites is 1. The number of nitrogens with one attached hydrogen (secondary N) is 1. The number of aromatic nitrogens is 1. The van der Waals surface area contributed by atoms with Crippen LogP contribution >= 0.6 is 0 Å². The summed E-state index contributed by atoms with van der Waals surface area (Å²) in [6.07, 6.45) is 1.98. The molecule has 0 aliphatic carbocycles. The van der Waals surface area contributed by atoms with Crippen LogP contribution in [0.15, 0.2) is 120 Å². The van der Waals surface area contributed by atoms with Gasteiger partial charge < -0.3 is 19.7 Å². The van der Waals surface area contributed by atoms with Gasteiger partial charge in [0.05, 0.1) is 30.9 Å². The maximum Gasteiger partial charge on any atom is 0.264 e. The van der Waals surface area contributed by atoms with Crippen LogP contribution in [0.1, 0.15) is 53.4 Å². The van der Waals surface area contributed by atoms with E-state index in [4.69, 9.17) is 9.47 Å². The van der Waals surface area contributed by atoms with Gasteiger partial charge in [-0.25, -0.2) is 8.42 Å². The summed E-state index contributed by atoms with van der Waals surface area (Å²) in [6, 6.07) is 33.8. The highest BCUT2D eigenvalue weighted by Gasteiger charge is 2.43. The molecule has 2 aliphatic rings. The molecule has 0 saturated carbocycles. The smallest absolute Gasteiger partial charge is 0.264 e. The van der Waals surface area contributed by atoms with Crippen molar-refractivity contribution < 1.29 is 28.1 Å². The predicted octanol–water partition coefficient (Wildman–Crippen LogP) is 5.92. The van der Waals surface area contributed by atoms with Crippen molar-refractivity contribution >= 4 is 26.6 Å². The lowest BCUT2D eigenvalue weighted by atomic mass is 9.83. The number of anilines is 1. The Morgan fingerprint density at radius 1 is 0.833 bits per heavy atom. The molecule has 10 heteroatoms. The van der Waals surface area contributed by atoms with Crippen LogP contribution in [0.5, 0.6) is 0 Å². The van der Waals surface area contributed by atoms with Crippen LogP contribution in [0, 0.1) is 0 Å². The van der Waals surface area contributed by atoms with Gasteiger partial charge in [0, 0.05) is 41.3 Å². The maximum absolute atomic E-state index is 13.6. The van der Waals surface area contributed by atoms with Gasteiger partial charge in [-0.2, -0.15) is 0 Å². The zero-order valence-electron chi connectivity index (χ0n) is 26.4. The number of aliphatic hydroxyl groups excluding tert-OH is 2.